The summed E-state index contributed by atoms with van der Waals surface area (Å²) in [6, 6.07) is 16.0. The van der Waals surface area contributed by atoms with Crippen LogP contribution in [-0.4, -0.2) is 27.9 Å². The molecule has 33 heavy (non-hydrogen) atoms. The summed E-state index contributed by atoms with van der Waals surface area (Å²) in [6.07, 6.45) is 2.28. The number of amides is 2. The largest absolute Gasteiger partial charge is 0.433 e. The van der Waals surface area contributed by atoms with E-state index >= 15 is 0 Å². The Labute approximate surface area is 185 Å². The molecule has 2 N–H and O–H groups in total. The smallest absolute Gasteiger partial charge is 0.400 e. The molecule has 3 rings (SSSR count). The lowest BCUT2D eigenvalue weighted by atomic mass is 10.1. The molecule has 0 aliphatic carbocycles. The van der Waals surface area contributed by atoms with Crippen molar-refractivity contribution in [3.8, 4) is 0 Å². The minimum absolute atomic E-state index is 0.0135. The first-order chi connectivity index (χ1) is 15.8. The first-order valence-corrected chi connectivity index (χ1v) is 9.23. The number of carbonyl (C=O) groups excluding carboxylic acids is 2. The predicted octanol–water partition coefficient (Wildman–Crippen LogP) is 3.02. The summed E-state index contributed by atoms with van der Waals surface area (Å²) in [4.78, 5) is 45.5. The molecule has 0 unspecified atom stereocenters. The highest BCUT2D eigenvalue weighted by Crippen LogP contribution is 2.16. The molecule has 0 spiro atoms. The van der Waals surface area contributed by atoms with Gasteiger partial charge in [-0.3, -0.25) is 29.8 Å². The van der Waals surface area contributed by atoms with E-state index in [2.05, 4.69) is 15.8 Å². The van der Waals surface area contributed by atoms with Gasteiger partial charge in [0.05, 0.1) is 17.2 Å². The van der Waals surface area contributed by atoms with Gasteiger partial charge in [-0.25, -0.2) is 5.43 Å². The molecule has 0 atom stereocenters. The van der Waals surface area contributed by atoms with Crippen molar-refractivity contribution in [1.82, 2.24) is 10.7 Å². The lowest BCUT2D eigenvalue weighted by Crippen LogP contribution is -2.32. The van der Waals surface area contributed by atoms with Crippen molar-refractivity contribution in [3.63, 3.8) is 0 Å². The Morgan fingerprint density at radius 1 is 0.939 bits per heavy atom. The summed E-state index contributed by atoms with van der Waals surface area (Å²) < 4.78 is 4.89. The van der Waals surface area contributed by atoms with Gasteiger partial charge in [-0.05, 0) is 29.8 Å². The fourth-order valence-electron chi connectivity index (χ4n) is 2.56. The second-order valence-electron chi connectivity index (χ2n) is 6.36. The monoisotopic (exact) mass is 449 g/mol. The summed E-state index contributed by atoms with van der Waals surface area (Å²) in [5.74, 6) is -1.92. The van der Waals surface area contributed by atoms with Crippen molar-refractivity contribution in [2.24, 2.45) is 5.10 Å². The number of non-ortho nitro benzene ring substituents is 1. The summed E-state index contributed by atoms with van der Waals surface area (Å²) in [7, 11) is 0. The quantitative estimate of drug-likeness (QED) is 0.230. The number of hydrazone groups is 1. The van der Waals surface area contributed by atoms with E-state index in [9.17, 15) is 29.8 Å². The van der Waals surface area contributed by atoms with Crippen LogP contribution in [0.4, 0.5) is 11.6 Å². The minimum atomic E-state index is -0.844. The van der Waals surface area contributed by atoms with E-state index in [0.29, 0.717) is 0 Å². The predicted molar refractivity (Wildman–Crippen MR) is 116 cm³/mol. The third-order valence-corrected chi connectivity index (χ3v) is 4.07. The van der Waals surface area contributed by atoms with Gasteiger partial charge in [0, 0.05) is 17.7 Å². The maximum Gasteiger partial charge on any atom is 0.433 e. The molecule has 0 fully saturated rings. The van der Waals surface area contributed by atoms with Crippen molar-refractivity contribution < 1.29 is 23.9 Å². The molecule has 12 heteroatoms. The second-order valence-corrected chi connectivity index (χ2v) is 6.36. The number of nitrogens with zero attached hydrogens (tertiary/aromatic N) is 3. The van der Waals surface area contributed by atoms with Gasteiger partial charge < -0.3 is 9.73 Å². The van der Waals surface area contributed by atoms with E-state index in [1.165, 1.54) is 36.4 Å². The zero-order valence-corrected chi connectivity index (χ0v) is 16.7. The Morgan fingerprint density at radius 2 is 1.70 bits per heavy atom. The molecule has 1 aromatic heterocycles. The Morgan fingerprint density at radius 3 is 2.36 bits per heavy atom. The van der Waals surface area contributed by atoms with Crippen molar-refractivity contribution in [3.05, 3.63) is 110 Å². The van der Waals surface area contributed by atoms with Crippen LogP contribution in [0.1, 0.15) is 21.7 Å². The molecule has 1 heterocycles. The van der Waals surface area contributed by atoms with Gasteiger partial charge in [0.25, 0.3) is 17.5 Å². The van der Waals surface area contributed by atoms with E-state index in [1.807, 2.05) is 0 Å². The van der Waals surface area contributed by atoms with Crippen molar-refractivity contribution in [2.75, 3.05) is 0 Å². The molecule has 0 saturated heterocycles. The van der Waals surface area contributed by atoms with Crippen molar-refractivity contribution >= 4 is 35.7 Å². The van der Waals surface area contributed by atoms with Crippen molar-refractivity contribution in [1.29, 1.82) is 0 Å². The average Bonchev–Trinajstić information content (AvgIpc) is 3.28. The summed E-state index contributed by atoms with van der Waals surface area (Å²) in [6.45, 7) is 0. The molecule has 3 aromatic rings. The summed E-state index contributed by atoms with van der Waals surface area (Å²) >= 11 is 0. The number of nitrogens with one attached hydrogen (secondary N) is 2. The maximum atomic E-state index is 12.7. The van der Waals surface area contributed by atoms with Crippen LogP contribution >= 0.6 is 0 Å². The molecular weight excluding hydrogens is 434 g/mol. The van der Waals surface area contributed by atoms with Crippen LogP contribution in [0.25, 0.3) is 6.08 Å². The maximum absolute atomic E-state index is 12.7. The van der Waals surface area contributed by atoms with Crippen LogP contribution in [-0.2, 0) is 4.79 Å². The van der Waals surface area contributed by atoms with E-state index in [1.54, 1.807) is 30.3 Å². The van der Waals surface area contributed by atoms with Gasteiger partial charge in [0.15, 0.2) is 5.76 Å². The Bertz CT molecular complexity index is 1260. The number of benzene rings is 2. The van der Waals surface area contributed by atoms with Gasteiger partial charge in [-0.2, -0.15) is 5.10 Å². The third kappa shape index (κ3) is 6.18. The average molecular weight is 449 g/mol. The molecular formula is C21H15N5O7. The number of carbonyl (C=O) groups is 2. The van der Waals surface area contributed by atoms with Crippen LogP contribution in [0, 0.1) is 20.2 Å². The van der Waals surface area contributed by atoms with Crippen LogP contribution in [0.3, 0.4) is 0 Å². The summed E-state index contributed by atoms with van der Waals surface area (Å²) in [5, 5.41) is 27.8. The van der Waals surface area contributed by atoms with Gasteiger partial charge in [0.2, 0.25) is 0 Å². The molecule has 2 amide bonds. The zero-order valence-electron chi connectivity index (χ0n) is 16.7. The number of nitro groups is 2. The number of rotatable bonds is 8. The van der Waals surface area contributed by atoms with Crippen LogP contribution < -0.4 is 10.7 Å². The number of nitro benzene ring substituents is 1. The highest BCUT2D eigenvalue weighted by Gasteiger charge is 2.16. The molecule has 166 valence electrons. The van der Waals surface area contributed by atoms with E-state index in [4.69, 9.17) is 4.42 Å². The molecule has 0 radical (unpaired) electrons. The molecule has 0 aliphatic heterocycles. The number of hydrogen-bond acceptors (Lipinski definition) is 8. The Kier molecular flexibility index (Phi) is 7.01. The van der Waals surface area contributed by atoms with Crippen LogP contribution in [0.2, 0.25) is 0 Å². The first-order valence-electron chi connectivity index (χ1n) is 9.23. The first kappa shape index (κ1) is 22.6. The Hall–Kier alpha value is -5.13. The van der Waals surface area contributed by atoms with E-state index in [0.717, 1.165) is 12.3 Å². The Balaban J connectivity index is 1.83. The fourth-order valence-corrected chi connectivity index (χ4v) is 2.56. The number of furan rings is 1. The van der Waals surface area contributed by atoms with Gasteiger partial charge in [-0.15, -0.1) is 0 Å². The highest BCUT2D eigenvalue weighted by atomic mass is 16.6. The third-order valence-electron chi connectivity index (χ3n) is 4.07. The van der Waals surface area contributed by atoms with Gasteiger partial charge >= 0.3 is 5.88 Å². The van der Waals surface area contributed by atoms with E-state index in [-0.39, 0.29) is 28.3 Å². The topological polar surface area (TPSA) is 170 Å². The molecule has 0 bridgehead atoms. The molecule has 2 aromatic carbocycles. The highest BCUT2D eigenvalue weighted by molar-refractivity contribution is 6.05. The lowest BCUT2D eigenvalue weighted by Gasteiger charge is -2.09. The minimum Gasteiger partial charge on any atom is -0.400 e. The molecule has 12 nitrogen and oxygen atoms in total. The van der Waals surface area contributed by atoms with E-state index < -0.39 is 27.5 Å². The zero-order chi connectivity index (χ0) is 23.8. The second kappa shape index (κ2) is 10.3. The summed E-state index contributed by atoms with van der Waals surface area (Å²) in [5.41, 5.74) is 2.29. The fraction of sp³-hybridized carbons (Fsp3) is 0. The molecule has 0 aliphatic rings. The van der Waals surface area contributed by atoms with Crippen LogP contribution in [0.5, 0.6) is 0 Å². The number of hydrogen-bond donors (Lipinski definition) is 2. The van der Waals surface area contributed by atoms with Gasteiger partial charge in [-0.1, -0.05) is 30.3 Å². The standard InChI is InChI=1S/C21H15N5O7/c27-20(15-6-2-1-3-7-15)23-18(12-14-5-4-8-16(11-14)25(29)30)21(28)24-22-13-17-9-10-19(33-17)26(31)32/h1-13H,(H,23,27)(H,24,28)/b18-12-,22-13-. The van der Waals surface area contributed by atoms with Gasteiger partial charge in [0.1, 0.15) is 10.6 Å². The normalized spacial score (nSPS) is 11.2. The lowest BCUT2D eigenvalue weighted by molar-refractivity contribution is -0.402. The molecule has 0 saturated carbocycles. The van der Waals surface area contributed by atoms with Crippen molar-refractivity contribution in [2.45, 2.75) is 0 Å². The SMILES string of the molecule is O=C(N/N=C\c1ccc([N+](=O)[O-])o1)/C(=C/c1cccc([N+](=O)[O-])c1)NC(=O)c1ccccc1. The van der Waals surface area contributed by atoms with Crippen LogP contribution in [0.15, 0.2) is 81.9 Å².